The van der Waals surface area contributed by atoms with Crippen molar-refractivity contribution in [1.29, 1.82) is 0 Å². The fraction of sp³-hybridized carbons (Fsp3) is 0.200. The molecule has 9 heteroatoms. The summed E-state index contributed by atoms with van der Waals surface area (Å²) < 4.78 is 31.0. The van der Waals surface area contributed by atoms with Crippen molar-refractivity contribution >= 4 is 33.6 Å². The summed E-state index contributed by atoms with van der Waals surface area (Å²) >= 11 is 0. The van der Waals surface area contributed by atoms with Crippen LogP contribution >= 0.6 is 0 Å². The van der Waals surface area contributed by atoms with Crippen LogP contribution in [-0.2, 0) is 19.6 Å². The van der Waals surface area contributed by atoms with Gasteiger partial charge >= 0.3 is 0 Å². The number of carbonyl (C=O) groups is 2. The maximum absolute atomic E-state index is 12.4. The second-order valence-corrected chi connectivity index (χ2v) is 8.28. The zero-order valence-electron chi connectivity index (χ0n) is 16.4. The summed E-state index contributed by atoms with van der Waals surface area (Å²) in [5.74, 6) is -0.754. The predicted molar refractivity (Wildman–Crippen MR) is 111 cm³/mol. The molecular formula is C20H23N3O5S. The summed E-state index contributed by atoms with van der Waals surface area (Å²) in [6, 6.07) is 13.5. The third kappa shape index (κ3) is 6.16. The number of rotatable bonds is 8. The molecular weight excluding hydrogens is 394 g/mol. The van der Waals surface area contributed by atoms with Crippen molar-refractivity contribution in [2.75, 3.05) is 33.1 Å². The first kappa shape index (κ1) is 22.1. The summed E-state index contributed by atoms with van der Waals surface area (Å²) in [6.45, 7) is -0.264. The Kier molecular flexibility index (Phi) is 7.52. The lowest BCUT2D eigenvalue weighted by molar-refractivity contribution is -0.121. The van der Waals surface area contributed by atoms with Gasteiger partial charge in [-0.15, -0.1) is 0 Å². The number of carbonyl (C=O) groups excluding carboxylic acids is 2. The maximum atomic E-state index is 12.4. The molecule has 0 aromatic heterocycles. The molecule has 2 rings (SSSR count). The smallest absolute Gasteiger partial charge is 0.246 e. The van der Waals surface area contributed by atoms with Gasteiger partial charge in [0.1, 0.15) is 10.6 Å². The van der Waals surface area contributed by atoms with Gasteiger partial charge in [-0.2, -0.15) is 0 Å². The van der Waals surface area contributed by atoms with Gasteiger partial charge in [0.25, 0.3) is 0 Å². The van der Waals surface area contributed by atoms with E-state index in [9.17, 15) is 18.0 Å². The molecule has 0 heterocycles. The van der Waals surface area contributed by atoms with Crippen LogP contribution < -0.4 is 15.4 Å². The van der Waals surface area contributed by atoms with E-state index in [0.29, 0.717) is 0 Å². The fourth-order valence-corrected chi connectivity index (χ4v) is 3.40. The van der Waals surface area contributed by atoms with Crippen molar-refractivity contribution in [3.63, 3.8) is 0 Å². The van der Waals surface area contributed by atoms with Gasteiger partial charge in [-0.25, -0.2) is 12.7 Å². The summed E-state index contributed by atoms with van der Waals surface area (Å²) in [4.78, 5) is 23.9. The average molecular weight is 417 g/mol. The molecule has 2 aromatic rings. The fourth-order valence-electron chi connectivity index (χ4n) is 2.32. The zero-order valence-corrected chi connectivity index (χ0v) is 17.2. The highest BCUT2D eigenvalue weighted by Crippen LogP contribution is 2.28. The van der Waals surface area contributed by atoms with Gasteiger partial charge in [-0.05, 0) is 29.8 Å². The summed E-state index contributed by atoms with van der Waals surface area (Å²) in [6.07, 6.45) is 2.97. The topological polar surface area (TPSA) is 105 Å². The van der Waals surface area contributed by atoms with Crippen molar-refractivity contribution in [3.8, 4) is 5.75 Å². The Morgan fingerprint density at radius 2 is 1.79 bits per heavy atom. The lowest BCUT2D eigenvalue weighted by Crippen LogP contribution is -2.31. The Morgan fingerprint density at radius 3 is 2.41 bits per heavy atom. The molecule has 2 aromatic carbocycles. The SMILES string of the molecule is COc1ccc(NC(=O)CNC(=O)/C=C/c2ccccc2)cc1S(=O)(=O)N(C)C. The van der Waals surface area contributed by atoms with E-state index >= 15 is 0 Å². The maximum Gasteiger partial charge on any atom is 0.246 e. The molecule has 2 N–H and O–H groups in total. The molecule has 0 saturated heterocycles. The number of nitrogens with zero attached hydrogens (tertiary/aromatic N) is 1. The first-order valence-corrected chi connectivity index (χ1v) is 10.1. The lowest BCUT2D eigenvalue weighted by atomic mass is 10.2. The second kappa shape index (κ2) is 9.85. The van der Waals surface area contributed by atoms with Crippen LogP contribution in [0.5, 0.6) is 5.75 Å². The molecule has 0 spiro atoms. The second-order valence-electron chi connectivity index (χ2n) is 6.16. The van der Waals surface area contributed by atoms with Gasteiger partial charge in [-0.1, -0.05) is 30.3 Å². The Labute approximate surface area is 170 Å². The molecule has 0 radical (unpaired) electrons. The van der Waals surface area contributed by atoms with Gasteiger partial charge < -0.3 is 15.4 Å². The van der Waals surface area contributed by atoms with Crippen LogP contribution in [0, 0.1) is 0 Å². The van der Waals surface area contributed by atoms with E-state index in [1.54, 1.807) is 6.08 Å². The molecule has 0 unspecified atom stereocenters. The van der Waals surface area contributed by atoms with Gasteiger partial charge in [0.2, 0.25) is 21.8 Å². The van der Waals surface area contributed by atoms with E-state index in [0.717, 1.165) is 9.87 Å². The van der Waals surface area contributed by atoms with E-state index < -0.39 is 21.8 Å². The van der Waals surface area contributed by atoms with Crippen LogP contribution in [-0.4, -0.2) is 52.3 Å². The molecule has 0 aliphatic heterocycles. The van der Waals surface area contributed by atoms with Crippen LogP contribution in [0.1, 0.15) is 5.56 Å². The Hall–Kier alpha value is -3.17. The third-order valence-electron chi connectivity index (χ3n) is 3.86. The monoisotopic (exact) mass is 417 g/mol. The molecule has 29 heavy (non-hydrogen) atoms. The van der Waals surface area contributed by atoms with E-state index in [1.165, 1.54) is 45.5 Å². The van der Waals surface area contributed by atoms with Crippen molar-refractivity contribution in [2.45, 2.75) is 4.90 Å². The molecule has 0 aliphatic rings. The highest BCUT2D eigenvalue weighted by molar-refractivity contribution is 7.89. The normalized spacial score (nSPS) is 11.4. The first-order chi connectivity index (χ1) is 13.7. The summed E-state index contributed by atoms with van der Waals surface area (Å²) in [7, 11) is 0.405. The number of hydrogen-bond acceptors (Lipinski definition) is 5. The number of hydrogen-bond donors (Lipinski definition) is 2. The highest BCUT2D eigenvalue weighted by atomic mass is 32.2. The van der Waals surface area contributed by atoms with E-state index in [1.807, 2.05) is 30.3 Å². The minimum Gasteiger partial charge on any atom is -0.495 e. The number of sulfonamides is 1. The number of methoxy groups -OCH3 is 1. The van der Waals surface area contributed by atoms with Crippen molar-refractivity contribution in [2.24, 2.45) is 0 Å². The van der Waals surface area contributed by atoms with Gasteiger partial charge in [-0.3, -0.25) is 9.59 Å². The number of ether oxygens (including phenoxy) is 1. The van der Waals surface area contributed by atoms with Crippen LogP contribution in [0.25, 0.3) is 6.08 Å². The van der Waals surface area contributed by atoms with E-state index in [2.05, 4.69) is 10.6 Å². The van der Waals surface area contributed by atoms with E-state index in [-0.39, 0.29) is 22.9 Å². The molecule has 154 valence electrons. The van der Waals surface area contributed by atoms with Crippen LogP contribution in [0.4, 0.5) is 5.69 Å². The Morgan fingerprint density at radius 1 is 1.10 bits per heavy atom. The quantitative estimate of drug-likeness (QED) is 0.637. The summed E-state index contributed by atoms with van der Waals surface area (Å²) in [5.41, 5.74) is 1.13. The molecule has 0 saturated carbocycles. The van der Waals surface area contributed by atoms with Crippen LogP contribution in [0.2, 0.25) is 0 Å². The molecule has 0 aliphatic carbocycles. The lowest BCUT2D eigenvalue weighted by Gasteiger charge is -2.16. The van der Waals surface area contributed by atoms with E-state index in [4.69, 9.17) is 4.74 Å². The average Bonchev–Trinajstić information content (AvgIpc) is 2.71. The van der Waals surface area contributed by atoms with Crippen molar-refractivity contribution in [3.05, 3.63) is 60.2 Å². The van der Waals surface area contributed by atoms with Crippen molar-refractivity contribution in [1.82, 2.24) is 9.62 Å². The third-order valence-corrected chi connectivity index (χ3v) is 5.69. The number of benzene rings is 2. The Bertz CT molecular complexity index is 1000. The van der Waals surface area contributed by atoms with Crippen LogP contribution in [0.3, 0.4) is 0 Å². The van der Waals surface area contributed by atoms with Gasteiger partial charge in [0, 0.05) is 25.9 Å². The molecule has 0 atom stereocenters. The zero-order chi connectivity index (χ0) is 21.4. The van der Waals surface area contributed by atoms with Gasteiger partial charge in [0.15, 0.2) is 0 Å². The highest BCUT2D eigenvalue weighted by Gasteiger charge is 2.23. The first-order valence-electron chi connectivity index (χ1n) is 8.65. The number of amides is 2. The molecule has 0 fully saturated rings. The molecule has 2 amide bonds. The molecule has 0 bridgehead atoms. The Balaban J connectivity index is 2.00. The number of anilines is 1. The number of nitrogens with one attached hydrogen (secondary N) is 2. The standard InChI is InChI=1S/C20H23N3O5S/c1-23(2)29(26,27)18-13-16(10-11-17(18)28-3)22-20(25)14-21-19(24)12-9-15-7-5-4-6-8-15/h4-13H,14H2,1-3H3,(H,21,24)(H,22,25)/b12-9+. The summed E-state index contributed by atoms with van der Waals surface area (Å²) in [5, 5.41) is 5.03. The minimum absolute atomic E-state index is 0.0716. The van der Waals surface area contributed by atoms with Crippen molar-refractivity contribution < 1.29 is 22.7 Å². The molecule has 8 nitrogen and oxygen atoms in total. The minimum atomic E-state index is -3.76. The predicted octanol–water partition coefficient (Wildman–Crippen LogP) is 1.71. The van der Waals surface area contributed by atoms with Gasteiger partial charge in [0.05, 0.1) is 13.7 Å². The van der Waals surface area contributed by atoms with Crippen LogP contribution in [0.15, 0.2) is 59.5 Å². The largest absolute Gasteiger partial charge is 0.495 e.